The smallest absolute Gasteiger partial charge is 0.408 e. The molecule has 1 aromatic heterocycles. The lowest BCUT2D eigenvalue weighted by atomic mass is 9.96. The minimum absolute atomic E-state index is 0.0789. The normalized spacial score (nSPS) is 22.5. The Bertz CT molecular complexity index is 568. The van der Waals surface area contributed by atoms with Crippen LogP contribution in [0.2, 0.25) is 0 Å². The van der Waals surface area contributed by atoms with Crippen LogP contribution in [0, 0.1) is 6.92 Å². The van der Waals surface area contributed by atoms with Crippen LogP contribution < -0.4 is 5.32 Å². The molecule has 1 aromatic rings. The average molecular weight is 318 g/mol. The predicted molar refractivity (Wildman–Crippen MR) is 71.2 cm³/mol. The monoisotopic (exact) mass is 318 g/mol. The molecule has 1 fully saturated rings. The zero-order valence-electron chi connectivity index (χ0n) is 12.2. The molecule has 1 aliphatic heterocycles. The van der Waals surface area contributed by atoms with Crippen LogP contribution in [-0.4, -0.2) is 41.5 Å². The van der Waals surface area contributed by atoms with Crippen LogP contribution >= 0.6 is 0 Å². The lowest BCUT2D eigenvalue weighted by Gasteiger charge is -2.40. The summed E-state index contributed by atoms with van der Waals surface area (Å²) in [6.45, 7) is 2.72. The van der Waals surface area contributed by atoms with Gasteiger partial charge >= 0.3 is 6.18 Å². The van der Waals surface area contributed by atoms with E-state index >= 15 is 0 Å². The first kappa shape index (κ1) is 16.4. The highest BCUT2D eigenvalue weighted by Gasteiger charge is 2.48. The van der Waals surface area contributed by atoms with Crippen molar-refractivity contribution in [1.29, 1.82) is 0 Å². The molecule has 1 N–H and O–H groups in total. The SMILES string of the molecule is CC(=O)N[C@@H]1CC[C@H](C(F)(F)F)N(C(=O)c2coc(C)c2)C1. The molecule has 122 valence electrons. The van der Waals surface area contributed by atoms with E-state index in [-0.39, 0.29) is 30.9 Å². The summed E-state index contributed by atoms with van der Waals surface area (Å²) in [6.07, 6.45) is -3.42. The average Bonchev–Trinajstić information content (AvgIpc) is 2.82. The highest BCUT2D eigenvalue weighted by Crippen LogP contribution is 2.33. The van der Waals surface area contributed by atoms with Crippen LogP contribution in [0.3, 0.4) is 0 Å². The van der Waals surface area contributed by atoms with E-state index in [1.807, 2.05) is 0 Å². The number of hydrogen-bond acceptors (Lipinski definition) is 3. The second kappa shape index (κ2) is 6.02. The van der Waals surface area contributed by atoms with Crippen LogP contribution in [0.5, 0.6) is 0 Å². The van der Waals surface area contributed by atoms with Gasteiger partial charge in [0.1, 0.15) is 18.1 Å². The van der Waals surface area contributed by atoms with Crippen molar-refractivity contribution in [2.24, 2.45) is 0 Å². The third-order valence-corrected chi connectivity index (χ3v) is 3.61. The fourth-order valence-corrected chi connectivity index (χ4v) is 2.66. The van der Waals surface area contributed by atoms with Gasteiger partial charge in [0.2, 0.25) is 5.91 Å². The van der Waals surface area contributed by atoms with Crippen molar-refractivity contribution in [2.45, 2.75) is 44.9 Å². The fourth-order valence-electron chi connectivity index (χ4n) is 2.66. The first-order valence-electron chi connectivity index (χ1n) is 6.88. The Kier molecular flexibility index (Phi) is 4.48. The molecule has 2 rings (SSSR count). The molecule has 1 aliphatic rings. The Morgan fingerprint density at radius 1 is 1.36 bits per heavy atom. The lowest BCUT2D eigenvalue weighted by Crippen LogP contribution is -2.58. The largest absolute Gasteiger partial charge is 0.469 e. The first-order chi connectivity index (χ1) is 10.2. The number of nitrogens with one attached hydrogen (secondary N) is 1. The highest BCUT2D eigenvalue weighted by molar-refractivity contribution is 5.94. The third-order valence-electron chi connectivity index (χ3n) is 3.61. The molecule has 2 heterocycles. The van der Waals surface area contributed by atoms with Gasteiger partial charge in [-0.2, -0.15) is 13.2 Å². The summed E-state index contributed by atoms with van der Waals surface area (Å²) in [6, 6.07) is -0.925. The van der Waals surface area contributed by atoms with Gasteiger partial charge in [0.05, 0.1) is 5.56 Å². The van der Waals surface area contributed by atoms with Gasteiger partial charge < -0.3 is 14.6 Å². The Morgan fingerprint density at radius 3 is 2.55 bits per heavy atom. The molecule has 2 atom stereocenters. The molecule has 0 radical (unpaired) electrons. The molecular weight excluding hydrogens is 301 g/mol. The number of likely N-dealkylation sites (tertiary alicyclic amines) is 1. The summed E-state index contributed by atoms with van der Waals surface area (Å²) in [4.78, 5) is 24.2. The Hall–Kier alpha value is -1.99. The number of hydrogen-bond donors (Lipinski definition) is 1. The molecule has 1 saturated heterocycles. The minimum atomic E-state index is -4.50. The number of carbonyl (C=O) groups is 2. The van der Waals surface area contributed by atoms with Crippen LogP contribution in [0.15, 0.2) is 16.7 Å². The Balaban J connectivity index is 2.23. The highest BCUT2D eigenvalue weighted by atomic mass is 19.4. The van der Waals surface area contributed by atoms with Crippen molar-refractivity contribution in [3.8, 4) is 0 Å². The third kappa shape index (κ3) is 3.61. The van der Waals surface area contributed by atoms with E-state index in [2.05, 4.69) is 5.32 Å². The molecule has 0 unspecified atom stereocenters. The predicted octanol–water partition coefficient (Wildman–Crippen LogP) is 2.26. The molecule has 0 aliphatic carbocycles. The topological polar surface area (TPSA) is 62.6 Å². The summed E-state index contributed by atoms with van der Waals surface area (Å²) in [7, 11) is 0. The molecule has 8 heteroatoms. The summed E-state index contributed by atoms with van der Waals surface area (Å²) in [5.74, 6) is -0.626. The summed E-state index contributed by atoms with van der Waals surface area (Å²) in [5.41, 5.74) is 0.0789. The van der Waals surface area contributed by atoms with Gasteiger partial charge in [-0.05, 0) is 25.8 Å². The zero-order valence-corrected chi connectivity index (χ0v) is 12.2. The quantitative estimate of drug-likeness (QED) is 0.910. The molecule has 2 amide bonds. The van der Waals surface area contributed by atoms with E-state index in [4.69, 9.17) is 4.42 Å². The number of aryl methyl sites for hydroxylation is 1. The molecular formula is C14H17F3N2O3. The summed E-state index contributed by atoms with van der Waals surface area (Å²) >= 11 is 0. The maximum atomic E-state index is 13.2. The molecule has 22 heavy (non-hydrogen) atoms. The number of halogens is 3. The second-order valence-electron chi connectivity index (χ2n) is 5.44. The van der Waals surface area contributed by atoms with Crippen molar-refractivity contribution in [1.82, 2.24) is 10.2 Å². The maximum Gasteiger partial charge on any atom is 0.408 e. The van der Waals surface area contributed by atoms with E-state index in [1.165, 1.54) is 13.0 Å². The molecule has 0 aromatic carbocycles. The lowest BCUT2D eigenvalue weighted by molar-refractivity contribution is -0.184. The van der Waals surface area contributed by atoms with Crippen LogP contribution in [0.25, 0.3) is 0 Å². The first-order valence-corrected chi connectivity index (χ1v) is 6.88. The number of piperidine rings is 1. The number of carbonyl (C=O) groups excluding carboxylic acids is 2. The van der Waals surface area contributed by atoms with Gasteiger partial charge in [-0.3, -0.25) is 9.59 Å². The van der Waals surface area contributed by atoms with Crippen LogP contribution in [0.1, 0.15) is 35.9 Å². The van der Waals surface area contributed by atoms with Crippen molar-refractivity contribution in [3.63, 3.8) is 0 Å². The van der Waals surface area contributed by atoms with E-state index in [1.54, 1.807) is 6.92 Å². The number of nitrogens with zero attached hydrogens (tertiary/aromatic N) is 1. The van der Waals surface area contributed by atoms with Crippen molar-refractivity contribution in [2.75, 3.05) is 6.54 Å². The maximum absolute atomic E-state index is 13.2. The number of alkyl halides is 3. The zero-order chi connectivity index (χ0) is 16.5. The van der Waals surface area contributed by atoms with Crippen molar-refractivity contribution >= 4 is 11.8 Å². The summed E-state index contributed by atoms with van der Waals surface area (Å²) in [5, 5.41) is 2.57. The molecule has 0 spiro atoms. The standard InChI is InChI=1S/C14H17F3N2O3/c1-8-5-10(7-22-8)13(21)19-6-11(18-9(2)20)3-4-12(19)14(15,16)17/h5,7,11-12H,3-4,6H2,1-2H3,(H,18,20)/t11-,12-/m1/s1. The Labute approximate surface area is 125 Å². The van der Waals surface area contributed by atoms with Gasteiger partial charge in [0.25, 0.3) is 5.91 Å². The Morgan fingerprint density at radius 2 is 2.05 bits per heavy atom. The number of amides is 2. The van der Waals surface area contributed by atoms with Crippen LogP contribution in [0.4, 0.5) is 13.2 Å². The van der Waals surface area contributed by atoms with Gasteiger partial charge in [-0.25, -0.2) is 0 Å². The van der Waals surface area contributed by atoms with E-state index < -0.39 is 24.2 Å². The number of furan rings is 1. The van der Waals surface area contributed by atoms with E-state index in [0.717, 1.165) is 11.2 Å². The fraction of sp³-hybridized carbons (Fsp3) is 0.571. The molecule has 0 bridgehead atoms. The summed E-state index contributed by atoms with van der Waals surface area (Å²) < 4.78 is 44.5. The van der Waals surface area contributed by atoms with E-state index in [0.29, 0.717) is 5.76 Å². The second-order valence-corrected chi connectivity index (χ2v) is 5.44. The number of rotatable bonds is 2. The van der Waals surface area contributed by atoms with Crippen molar-refractivity contribution in [3.05, 3.63) is 23.7 Å². The van der Waals surface area contributed by atoms with E-state index in [9.17, 15) is 22.8 Å². The van der Waals surface area contributed by atoms with Gasteiger partial charge in [0, 0.05) is 19.5 Å². The van der Waals surface area contributed by atoms with Gasteiger partial charge in [-0.1, -0.05) is 0 Å². The van der Waals surface area contributed by atoms with Gasteiger partial charge in [-0.15, -0.1) is 0 Å². The molecule has 5 nitrogen and oxygen atoms in total. The van der Waals surface area contributed by atoms with Crippen LogP contribution in [-0.2, 0) is 4.79 Å². The van der Waals surface area contributed by atoms with Gasteiger partial charge in [0.15, 0.2) is 0 Å². The molecule has 0 saturated carbocycles. The van der Waals surface area contributed by atoms with Crippen molar-refractivity contribution < 1.29 is 27.2 Å². The minimum Gasteiger partial charge on any atom is -0.469 e.